The molecule has 0 saturated heterocycles. The van der Waals surface area contributed by atoms with E-state index in [0.29, 0.717) is 37.6 Å². The summed E-state index contributed by atoms with van der Waals surface area (Å²) in [6.07, 6.45) is 0.990. The molecular weight excluding hydrogens is 633 g/mol. The van der Waals surface area contributed by atoms with Crippen LogP contribution in [0.5, 0.6) is 0 Å². The second-order valence-electron chi connectivity index (χ2n) is 13.8. The molecule has 1 aromatic carbocycles. The third-order valence-electron chi connectivity index (χ3n) is 6.81. The maximum Gasteiger partial charge on any atom is 0.412 e. The molecule has 0 spiro atoms. The maximum absolute atomic E-state index is 13.8. The molecule has 11 nitrogen and oxygen atoms in total. The molecule has 0 bridgehead atoms. The second-order valence-corrected chi connectivity index (χ2v) is 16.6. The number of ether oxygens (including phenoxy) is 1. The van der Waals surface area contributed by atoms with Crippen molar-refractivity contribution in [1.29, 1.82) is 0 Å². The van der Waals surface area contributed by atoms with E-state index in [2.05, 4.69) is 60.9 Å². The Morgan fingerprint density at radius 1 is 0.894 bits per heavy atom. The number of nitrogens with one attached hydrogen (secondary N) is 3. The molecule has 0 saturated carbocycles. The molecule has 0 aliphatic rings. The Kier molecular flexibility index (Phi) is 13.1. The molecule has 0 fully saturated rings. The zero-order valence-electron chi connectivity index (χ0n) is 29.2. The molecule has 255 valence electrons. The smallest absolute Gasteiger partial charge is 0.412 e. The van der Waals surface area contributed by atoms with Gasteiger partial charge in [-0.15, -0.1) is 11.3 Å². The summed E-state index contributed by atoms with van der Waals surface area (Å²) in [5.41, 5.74) is 3.92. The van der Waals surface area contributed by atoms with E-state index in [1.165, 1.54) is 11.3 Å². The van der Waals surface area contributed by atoms with Crippen molar-refractivity contribution in [3.63, 3.8) is 0 Å². The molecule has 3 N–H and O–H groups in total. The number of carbonyl (C=O) groups excluding carboxylic acids is 3. The van der Waals surface area contributed by atoms with Crippen LogP contribution >= 0.6 is 11.3 Å². The lowest BCUT2D eigenvalue weighted by Gasteiger charge is -2.28. The van der Waals surface area contributed by atoms with Crippen LogP contribution in [0, 0.1) is 0 Å². The first-order valence-electron chi connectivity index (χ1n) is 15.5. The summed E-state index contributed by atoms with van der Waals surface area (Å²) in [4.78, 5) is 47.1. The van der Waals surface area contributed by atoms with Crippen molar-refractivity contribution < 1.29 is 23.5 Å². The van der Waals surface area contributed by atoms with Gasteiger partial charge in [0.15, 0.2) is 0 Å². The summed E-state index contributed by atoms with van der Waals surface area (Å²) < 4.78 is 11.4. The zero-order chi connectivity index (χ0) is 34.9. The summed E-state index contributed by atoms with van der Waals surface area (Å²) in [5, 5.41) is 12.1. The highest BCUT2D eigenvalue weighted by molar-refractivity contribution is 7.09. The van der Waals surface area contributed by atoms with Crippen LogP contribution in [-0.4, -0.2) is 74.6 Å². The average Bonchev–Trinajstić information content (AvgIpc) is 3.38. The molecule has 3 aromatic rings. The number of anilines is 3. The van der Waals surface area contributed by atoms with E-state index in [0.717, 1.165) is 22.4 Å². The van der Waals surface area contributed by atoms with Crippen molar-refractivity contribution in [3.05, 3.63) is 69.7 Å². The molecule has 0 aliphatic carbocycles. The van der Waals surface area contributed by atoms with Crippen LogP contribution < -0.4 is 16.0 Å². The molecule has 2 aromatic heterocycles. The van der Waals surface area contributed by atoms with Gasteiger partial charge in [0.05, 0.1) is 18.0 Å². The van der Waals surface area contributed by atoms with Gasteiger partial charge in [-0.1, -0.05) is 39.0 Å². The number of thiophene rings is 1. The van der Waals surface area contributed by atoms with Crippen molar-refractivity contribution >= 4 is 55.5 Å². The highest BCUT2D eigenvalue weighted by atomic mass is 32.1. The van der Waals surface area contributed by atoms with Gasteiger partial charge in [-0.3, -0.25) is 15.1 Å². The fraction of sp³-hybridized carbons (Fsp3) is 0.471. The van der Waals surface area contributed by atoms with E-state index >= 15 is 0 Å². The highest BCUT2D eigenvalue weighted by Gasteiger charge is 2.23. The van der Waals surface area contributed by atoms with Crippen LogP contribution in [0.25, 0.3) is 0 Å². The monoisotopic (exact) mass is 681 g/mol. The van der Waals surface area contributed by atoms with E-state index in [9.17, 15) is 14.4 Å². The first kappa shape index (κ1) is 37.7. The van der Waals surface area contributed by atoms with E-state index in [1.54, 1.807) is 54.8 Å². The van der Waals surface area contributed by atoms with Crippen LogP contribution in [0.3, 0.4) is 0 Å². The van der Waals surface area contributed by atoms with Crippen molar-refractivity contribution in [2.24, 2.45) is 0 Å². The summed E-state index contributed by atoms with van der Waals surface area (Å²) in [6.45, 7) is 17.9. The number of likely N-dealkylation sites (N-methyl/N-ethyl adjacent to an activating group) is 1. The number of hydrogen-bond acceptors (Lipinski definition) is 8. The van der Waals surface area contributed by atoms with Gasteiger partial charge >= 0.3 is 12.1 Å². The standard InChI is InChI=1S/C34H49N6O5SSi/c1-33(2,3)25-12-11-13-26(24(25)20-44-47(9)10)37-31(42)40(17-16-39(7)8)19-23-14-15-27(35-18-23)30(41)36-28-21-46-22-29(28)38-32(43)45-34(4,5)6/h11-15,18,21-22H,16-17,19-20H2,1-10H3,(H,36,41)(H,37,42)(H,38,43). The summed E-state index contributed by atoms with van der Waals surface area (Å²) in [6, 6.07) is 9.16. The normalized spacial score (nSPS) is 11.8. The number of benzene rings is 1. The van der Waals surface area contributed by atoms with Crippen molar-refractivity contribution in [2.45, 2.75) is 78.8 Å². The number of carbonyl (C=O) groups is 3. The molecular formula is C34H49N6O5SSi. The first-order valence-corrected chi connectivity index (χ1v) is 18.9. The molecule has 3 rings (SSSR count). The number of amides is 4. The Hall–Kier alpha value is -3.78. The van der Waals surface area contributed by atoms with Crippen molar-refractivity contribution in [1.82, 2.24) is 14.8 Å². The van der Waals surface area contributed by atoms with Gasteiger partial charge < -0.3 is 29.6 Å². The number of hydrogen-bond donors (Lipinski definition) is 3. The second kappa shape index (κ2) is 16.4. The molecule has 0 aliphatic heterocycles. The molecule has 0 unspecified atom stereocenters. The van der Waals surface area contributed by atoms with Crippen LogP contribution in [0.2, 0.25) is 13.1 Å². The van der Waals surface area contributed by atoms with Gasteiger partial charge in [0.2, 0.25) is 9.04 Å². The maximum atomic E-state index is 13.8. The number of aromatic nitrogens is 1. The van der Waals surface area contributed by atoms with Crippen LogP contribution in [-0.2, 0) is 27.7 Å². The highest BCUT2D eigenvalue weighted by Crippen LogP contribution is 2.32. The number of urea groups is 1. The molecule has 47 heavy (non-hydrogen) atoms. The molecule has 2 heterocycles. The van der Waals surface area contributed by atoms with E-state index in [-0.39, 0.29) is 17.1 Å². The quantitative estimate of drug-likeness (QED) is 0.170. The fourth-order valence-electron chi connectivity index (χ4n) is 4.51. The van der Waals surface area contributed by atoms with Gasteiger partial charge in [-0.05, 0) is 76.6 Å². The van der Waals surface area contributed by atoms with Gasteiger partial charge in [0.25, 0.3) is 5.91 Å². The number of nitrogens with zero attached hydrogens (tertiary/aromatic N) is 3. The SMILES string of the molecule is CN(C)CCN(Cc1ccc(C(=O)Nc2cscc2NC(=O)OC(C)(C)C)nc1)C(=O)Nc1cccc(C(C)(C)C)c1CO[Si](C)C. The van der Waals surface area contributed by atoms with Crippen LogP contribution in [0.4, 0.5) is 26.7 Å². The summed E-state index contributed by atoms with van der Waals surface area (Å²) in [7, 11) is 2.99. The number of pyridine rings is 1. The van der Waals surface area contributed by atoms with Gasteiger partial charge in [0, 0.05) is 47.8 Å². The van der Waals surface area contributed by atoms with Crippen LogP contribution in [0.15, 0.2) is 47.3 Å². The third kappa shape index (κ3) is 12.1. The fourth-order valence-corrected chi connectivity index (χ4v) is 5.65. The van der Waals surface area contributed by atoms with Gasteiger partial charge in [-0.25, -0.2) is 9.59 Å². The van der Waals surface area contributed by atoms with Gasteiger partial charge in [0.1, 0.15) is 11.3 Å². The minimum atomic E-state index is -0.935. The predicted molar refractivity (Wildman–Crippen MR) is 192 cm³/mol. The Morgan fingerprint density at radius 3 is 2.15 bits per heavy atom. The van der Waals surface area contributed by atoms with E-state index in [4.69, 9.17) is 9.16 Å². The molecule has 0 atom stereocenters. The molecule has 1 radical (unpaired) electrons. The van der Waals surface area contributed by atoms with Crippen molar-refractivity contribution in [2.75, 3.05) is 43.1 Å². The Balaban J connectivity index is 1.75. The summed E-state index contributed by atoms with van der Waals surface area (Å²) >= 11 is 1.33. The minimum absolute atomic E-state index is 0.127. The Morgan fingerprint density at radius 2 is 1.57 bits per heavy atom. The summed E-state index contributed by atoms with van der Waals surface area (Å²) in [5.74, 6) is -0.429. The Labute approximate surface area is 284 Å². The largest absolute Gasteiger partial charge is 0.444 e. The van der Waals surface area contributed by atoms with Crippen molar-refractivity contribution in [3.8, 4) is 0 Å². The lowest BCUT2D eigenvalue weighted by molar-refractivity contribution is 0.0635. The zero-order valence-corrected chi connectivity index (χ0v) is 31.1. The molecule has 4 amide bonds. The average molecular weight is 682 g/mol. The molecule has 13 heteroatoms. The number of rotatable bonds is 12. The Bertz CT molecular complexity index is 1510. The van der Waals surface area contributed by atoms with Gasteiger partial charge in [-0.2, -0.15) is 0 Å². The topological polar surface area (TPSA) is 125 Å². The first-order chi connectivity index (χ1) is 21.9. The van der Waals surface area contributed by atoms with E-state index < -0.39 is 26.6 Å². The lowest BCUT2D eigenvalue weighted by atomic mass is 9.83. The third-order valence-corrected chi connectivity index (χ3v) is 8.28. The lowest BCUT2D eigenvalue weighted by Crippen LogP contribution is -2.39. The van der Waals surface area contributed by atoms with Crippen LogP contribution in [0.1, 0.15) is 68.7 Å². The predicted octanol–water partition coefficient (Wildman–Crippen LogP) is 7.40. The van der Waals surface area contributed by atoms with E-state index in [1.807, 2.05) is 31.1 Å². The minimum Gasteiger partial charge on any atom is -0.444 e.